The molecule has 16 heavy (non-hydrogen) atoms. The smallest absolute Gasteiger partial charge is 0.120 e. The summed E-state index contributed by atoms with van der Waals surface area (Å²) in [5.41, 5.74) is 0.997. The Kier molecular flexibility index (Phi) is 3.41. The van der Waals surface area contributed by atoms with Gasteiger partial charge in [-0.15, -0.1) is 0 Å². The monoisotopic (exact) mass is 279 g/mol. The highest BCUT2D eigenvalue weighted by Gasteiger charge is 1.97. The van der Waals surface area contributed by atoms with Crippen LogP contribution in [-0.4, -0.2) is 10.1 Å². The highest BCUT2D eigenvalue weighted by molar-refractivity contribution is 9.10. The maximum Gasteiger partial charge on any atom is 0.120 e. The van der Waals surface area contributed by atoms with E-state index in [1.54, 1.807) is 30.5 Å². The van der Waals surface area contributed by atoms with E-state index in [0.717, 1.165) is 15.9 Å². The van der Waals surface area contributed by atoms with Crippen molar-refractivity contribution in [1.82, 2.24) is 4.98 Å². The molecule has 0 amide bonds. The lowest BCUT2D eigenvalue weighted by Crippen LogP contribution is -1.95. The zero-order valence-electron chi connectivity index (χ0n) is 8.43. The van der Waals surface area contributed by atoms with Crippen molar-refractivity contribution in [1.29, 1.82) is 0 Å². The van der Waals surface area contributed by atoms with E-state index >= 15 is 0 Å². The number of nitrogens with zero attached hydrogens (tertiary/aromatic N) is 1. The zero-order chi connectivity index (χ0) is 11.4. The molecule has 0 saturated carbocycles. The summed E-state index contributed by atoms with van der Waals surface area (Å²) in [7, 11) is 0. The average Bonchev–Trinajstić information content (AvgIpc) is 2.30. The Bertz CT molecular complexity index is 408. The van der Waals surface area contributed by atoms with E-state index in [2.05, 4.69) is 20.9 Å². The standard InChI is InChI=1S/C12H10BrNO2/c13-12-6-1-9(7-14-12)8-16-11-4-2-10(15)3-5-11/h1-7,15H,8H2. The van der Waals surface area contributed by atoms with Crippen molar-refractivity contribution in [2.24, 2.45) is 0 Å². The Morgan fingerprint density at radius 2 is 1.88 bits per heavy atom. The molecule has 0 atom stereocenters. The lowest BCUT2D eigenvalue weighted by molar-refractivity contribution is 0.305. The first-order chi connectivity index (χ1) is 7.74. The maximum absolute atomic E-state index is 9.10. The van der Waals surface area contributed by atoms with Gasteiger partial charge in [0, 0.05) is 11.8 Å². The van der Waals surface area contributed by atoms with E-state index in [9.17, 15) is 0 Å². The third-order valence-corrected chi connectivity index (χ3v) is 2.50. The highest BCUT2D eigenvalue weighted by Crippen LogP contribution is 2.17. The van der Waals surface area contributed by atoms with Gasteiger partial charge in [0.1, 0.15) is 22.7 Å². The summed E-state index contributed by atoms with van der Waals surface area (Å²) in [6.07, 6.45) is 1.75. The molecule has 0 unspecified atom stereocenters. The lowest BCUT2D eigenvalue weighted by Gasteiger charge is -2.05. The Morgan fingerprint density at radius 3 is 2.50 bits per heavy atom. The normalized spacial score (nSPS) is 10.1. The fourth-order valence-electron chi connectivity index (χ4n) is 1.20. The first kappa shape index (κ1) is 11.0. The molecular weight excluding hydrogens is 270 g/mol. The van der Waals surface area contributed by atoms with Gasteiger partial charge in [-0.3, -0.25) is 0 Å². The van der Waals surface area contributed by atoms with Crippen LogP contribution in [0.5, 0.6) is 11.5 Å². The molecule has 82 valence electrons. The first-order valence-electron chi connectivity index (χ1n) is 4.76. The predicted octanol–water partition coefficient (Wildman–Crippen LogP) is 3.13. The highest BCUT2D eigenvalue weighted by atomic mass is 79.9. The number of rotatable bonds is 3. The molecular formula is C12H10BrNO2. The molecule has 0 fully saturated rings. The number of aromatic nitrogens is 1. The minimum atomic E-state index is 0.234. The summed E-state index contributed by atoms with van der Waals surface area (Å²) in [4.78, 5) is 4.10. The van der Waals surface area contributed by atoms with Gasteiger partial charge in [0.05, 0.1) is 0 Å². The molecule has 4 heteroatoms. The number of pyridine rings is 1. The molecule has 0 aliphatic carbocycles. The van der Waals surface area contributed by atoms with Crippen molar-refractivity contribution in [3.8, 4) is 11.5 Å². The van der Waals surface area contributed by atoms with E-state index in [0.29, 0.717) is 6.61 Å². The van der Waals surface area contributed by atoms with Crippen LogP contribution in [0.25, 0.3) is 0 Å². The van der Waals surface area contributed by atoms with Gasteiger partial charge in [0.2, 0.25) is 0 Å². The Hall–Kier alpha value is -1.55. The summed E-state index contributed by atoms with van der Waals surface area (Å²) >= 11 is 3.27. The molecule has 1 N–H and O–H groups in total. The summed E-state index contributed by atoms with van der Waals surface area (Å²) in [6, 6.07) is 10.4. The summed E-state index contributed by atoms with van der Waals surface area (Å²) in [6.45, 7) is 0.463. The second-order valence-corrected chi connectivity index (χ2v) is 4.08. The van der Waals surface area contributed by atoms with E-state index < -0.39 is 0 Å². The van der Waals surface area contributed by atoms with Crippen LogP contribution in [0.4, 0.5) is 0 Å². The van der Waals surface area contributed by atoms with Crippen molar-refractivity contribution in [3.63, 3.8) is 0 Å². The van der Waals surface area contributed by atoms with Gasteiger partial charge in [0.25, 0.3) is 0 Å². The second kappa shape index (κ2) is 4.99. The number of ether oxygens (including phenoxy) is 1. The summed E-state index contributed by atoms with van der Waals surface area (Å²) in [5.74, 6) is 0.957. The predicted molar refractivity (Wildman–Crippen MR) is 64.4 cm³/mol. The molecule has 1 heterocycles. The van der Waals surface area contributed by atoms with Gasteiger partial charge in [-0.1, -0.05) is 6.07 Å². The molecule has 0 saturated heterocycles. The molecule has 0 aliphatic rings. The Balaban J connectivity index is 1.97. The van der Waals surface area contributed by atoms with Crippen molar-refractivity contribution >= 4 is 15.9 Å². The SMILES string of the molecule is Oc1ccc(OCc2ccc(Br)nc2)cc1. The van der Waals surface area contributed by atoms with Crippen LogP contribution >= 0.6 is 15.9 Å². The minimum Gasteiger partial charge on any atom is -0.508 e. The molecule has 1 aromatic carbocycles. The van der Waals surface area contributed by atoms with Crippen LogP contribution in [0, 0.1) is 0 Å². The number of hydrogen-bond donors (Lipinski definition) is 1. The van der Waals surface area contributed by atoms with Crippen molar-refractivity contribution in [2.45, 2.75) is 6.61 Å². The van der Waals surface area contributed by atoms with Crippen molar-refractivity contribution in [3.05, 3.63) is 52.8 Å². The molecule has 3 nitrogen and oxygen atoms in total. The molecule has 0 aliphatic heterocycles. The Morgan fingerprint density at radius 1 is 1.12 bits per heavy atom. The quantitative estimate of drug-likeness (QED) is 0.878. The number of phenols is 1. The van der Waals surface area contributed by atoms with Gasteiger partial charge in [0.15, 0.2) is 0 Å². The van der Waals surface area contributed by atoms with Crippen molar-refractivity contribution in [2.75, 3.05) is 0 Å². The van der Waals surface area contributed by atoms with Crippen LogP contribution < -0.4 is 4.74 Å². The molecule has 1 aromatic heterocycles. The van der Waals surface area contributed by atoms with E-state index in [4.69, 9.17) is 9.84 Å². The Labute approximate surface area is 102 Å². The number of benzene rings is 1. The second-order valence-electron chi connectivity index (χ2n) is 3.27. The molecule has 0 radical (unpaired) electrons. The fourth-order valence-corrected chi connectivity index (χ4v) is 1.44. The van der Waals surface area contributed by atoms with Gasteiger partial charge < -0.3 is 9.84 Å². The molecule has 0 bridgehead atoms. The van der Waals surface area contributed by atoms with Crippen LogP contribution in [-0.2, 0) is 6.61 Å². The van der Waals surface area contributed by atoms with E-state index in [1.165, 1.54) is 0 Å². The number of hydrogen-bond acceptors (Lipinski definition) is 3. The van der Waals surface area contributed by atoms with Gasteiger partial charge in [-0.25, -0.2) is 4.98 Å². The van der Waals surface area contributed by atoms with Crippen LogP contribution in [0.15, 0.2) is 47.2 Å². The number of phenolic OH excluding ortho intramolecular Hbond substituents is 1. The average molecular weight is 280 g/mol. The summed E-state index contributed by atoms with van der Waals surface area (Å²) in [5, 5.41) is 9.10. The molecule has 2 rings (SSSR count). The molecule has 2 aromatic rings. The van der Waals surface area contributed by atoms with Crippen molar-refractivity contribution < 1.29 is 9.84 Å². The van der Waals surface area contributed by atoms with E-state index in [-0.39, 0.29) is 5.75 Å². The van der Waals surface area contributed by atoms with Gasteiger partial charge in [-0.2, -0.15) is 0 Å². The molecule has 0 spiro atoms. The number of halogens is 1. The lowest BCUT2D eigenvalue weighted by atomic mass is 10.3. The van der Waals surface area contributed by atoms with Gasteiger partial charge in [-0.05, 0) is 46.3 Å². The van der Waals surface area contributed by atoms with E-state index in [1.807, 2.05) is 12.1 Å². The van der Waals surface area contributed by atoms with Crippen LogP contribution in [0.1, 0.15) is 5.56 Å². The summed E-state index contributed by atoms with van der Waals surface area (Å²) < 4.78 is 6.33. The largest absolute Gasteiger partial charge is 0.508 e. The third-order valence-electron chi connectivity index (χ3n) is 2.03. The fraction of sp³-hybridized carbons (Fsp3) is 0.0833. The van der Waals surface area contributed by atoms with Crippen LogP contribution in [0.2, 0.25) is 0 Å². The topological polar surface area (TPSA) is 42.4 Å². The zero-order valence-corrected chi connectivity index (χ0v) is 10.0. The third kappa shape index (κ3) is 2.97. The minimum absolute atomic E-state index is 0.234. The van der Waals surface area contributed by atoms with Crippen LogP contribution in [0.3, 0.4) is 0 Å². The first-order valence-corrected chi connectivity index (χ1v) is 5.55. The number of aromatic hydroxyl groups is 1. The van der Waals surface area contributed by atoms with Gasteiger partial charge >= 0.3 is 0 Å². The maximum atomic E-state index is 9.10.